The first-order valence-electron chi connectivity index (χ1n) is 8.22. The Balaban J connectivity index is 1.33. The van der Waals surface area contributed by atoms with Crippen LogP contribution >= 0.6 is 0 Å². The quantitative estimate of drug-likeness (QED) is 0.746. The van der Waals surface area contributed by atoms with Gasteiger partial charge in [0.05, 0.1) is 6.61 Å². The zero-order valence-corrected chi connectivity index (χ0v) is 13.0. The first kappa shape index (κ1) is 14.7. The largest absolute Gasteiger partial charge is 0.496 e. The topological polar surface area (TPSA) is 46.2 Å². The van der Waals surface area contributed by atoms with E-state index >= 15 is 0 Å². The van der Waals surface area contributed by atoms with Gasteiger partial charge in [0.25, 0.3) is 0 Å². The van der Waals surface area contributed by atoms with Crippen molar-refractivity contribution in [2.24, 2.45) is 0 Å². The van der Waals surface area contributed by atoms with Crippen LogP contribution in [0.2, 0.25) is 0 Å². The first-order valence-corrected chi connectivity index (χ1v) is 8.22. The van der Waals surface area contributed by atoms with Gasteiger partial charge in [-0.25, -0.2) is 0 Å². The second-order valence-electron chi connectivity index (χ2n) is 6.20. The monoisotopic (exact) mass is 322 g/mol. The van der Waals surface area contributed by atoms with Gasteiger partial charge in [0.2, 0.25) is 0 Å². The third-order valence-electron chi connectivity index (χ3n) is 4.64. The molecule has 2 aromatic carbocycles. The van der Waals surface area contributed by atoms with Crippen molar-refractivity contribution in [3.8, 4) is 0 Å². The van der Waals surface area contributed by atoms with Crippen molar-refractivity contribution in [2.75, 3.05) is 6.61 Å². The molecule has 0 unspecified atom stereocenters. The fourth-order valence-corrected chi connectivity index (χ4v) is 3.46. The van der Waals surface area contributed by atoms with Crippen LogP contribution in [-0.2, 0) is 23.4 Å². The minimum atomic E-state index is -0.414. The lowest BCUT2D eigenvalue weighted by atomic mass is 9.77. The maximum atomic E-state index is 6.14. The van der Waals surface area contributed by atoms with Crippen LogP contribution in [0.4, 0.5) is 0 Å². The Kier molecular flexibility index (Phi) is 3.69. The molecule has 5 nitrogen and oxygen atoms in total. The molecule has 7 heteroatoms. The van der Waals surface area contributed by atoms with E-state index in [0.29, 0.717) is 6.61 Å². The summed E-state index contributed by atoms with van der Waals surface area (Å²) < 4.78 is 29.9. The van der Waals surface area contributed by atoms with Crippen molar-refractivity contribution in [1.29, 1.82) is 0 Å². The molecule has 24 heavy (non-hydrogen) atoms. The highest BCUT2D eigenvalue weighted by Gasteiger charge is 2.57. The van der Waals surface area contributed by atoms with E-state index in [-0.39, 0.29) is 18.3 Å². The summed E-state index contributed by atoms with van der Waals surface area (Å²) in [4.78, 5) is 0. The van der Waals surface area contributed by atoms with Gasteiger partial charge in [-0.15, -0.1) is 0 Å². The maximum Gasteiger partial charge on any atom is 0.496 e. The van der Waals surface area contributed by atoms with E-state index in [0.717, 1.165) is 10.9 Å². The number of benzene rings is 2. The average Bonchev–Trinajstić information content (AvgIpc) is 3.21. The summed E-state index contributed by atoms with van der Waals surface area (Å²) in [5, 5.41) is 0. The van der Waals surface area contributed by atoms with Gasteiger partial charge in [-0.05, 0) is 10.9 Å². The second kappa shape index (κ2) is 6.02. The predicted octanol–water partition coefficient (Wildman–Crippen LogP) is 0.333. The van der Waals surface area contributed by atoms with Crippen LogP contribution in [0, 0.1) is 0 Å². The van der Waals surface area contributed by atoms with E-state index in [1.165, 1.54) is 0 Å². The summed E-state index contributed by atoms with van der Waals surface area (Å²) in [6.07, 6.45) is -1.00. The van der Waals surface area contributed by atoms with E-state index in [1.54, 1.807) is 0 Å². The summed E-state index contributed by atoms with van der Waals surface area (Å²) in [5.41, 5.74) is 1.98. The van der Waals surface area contributed by atoms with Gasteiger partial charge in [0.15, 0.2) is 6.29 Å². The van der Waals surface area contributed by atoms with Crippen molar-refractivity contribution >= 4 is 25.2 Å². The molecule has 0 aliphatic carbocycles. The highest BCUT2D eigenvalue weighted by Crippen LogP contribution is 2.35. The smallest absolute Gasteiger partial charge is 0.404 e. The Morgan fingerprint density at radius 2 is 1.33 bits per heavy atom. The Bertz CT molecular complexity index is 701. The van der Waals surface area contributed by atoms with E-state index in [9.17, 15) is 0 Å². The molecule has 2 aromatic rings. The van der Waals surface area contributed by atoms with Crippen LogP contribution in [0.3, 0.4) is 0 Å². The summed E-state index contributed by atoms with van der Waals surface area (Å²) >= 11 is 0. The Morgan fingerprint density at radius 1 is 0.708 bits per heavy atom. The van der Waals surface area contributed by atoms with Crippen molar-refractivity contribution in [1.82, 2.24) is 0 Å². The third-order valence-corrected chi connectivity index (χ3v) is 4.64. The minimum absolute atomic E-state index is 0.156. The average molecular weight is 322 g/mol. The number of hydrogen-bond acceptors (Lipinski definition) is 5. The highest BCUT2D eigenvalue weighted by molar-refractivity contribution is 6.62. The van der Waals surface area contributed by atoms with Crippen molar-refractivity contribution in [3.05, 3.63) is 60.7 Å². The molecule has 3 fully saturated rings. The Morgan fingerprint density at radius 3 is 2.04 bits per heavy atom. The number of ether oxygens (including phenoxy) is 1. The zero-order valence-electron chi connectivity index (χ0n) is 13.0. The summed E-state index contributed by atoms with van der Waals surface area (Å²) in [6, 6.07) is 19.8. The molecule has 4 atom stereocenters. The summed E-state index contributed by atoms with van der Waals surface area (Å²) in [6.45, 7) is 0.472. The van der Waals surface area contributed by atoms with E-state index in [2.05, 4.69) is 0 Å². The van der Waals surface area contributed by atoms with E-state index < -0.39 is 20.5 Å². The minimum Gasteiger partial charge on any atom is -0.404 e. The summed E-state index contributed by atoms with van der Waals surface area (Å²) in [7, 11) is -0.807. The van der Waals surface area contributed by atoms with Crippen LogP contribution in [0.1, 0.15) is 0 Å². The van der Waals surface area contributed by atoms with Crippen LogP contribution in [0.15, 0.2) is 60.7 Å². The molecule has 0 radical (unpaired) electrons. The second-order valence-corrected chi connectivity index (χ2v) is 6.20. The Labute approximate surface area is 141 Å². The molecule has 0 amide bonds. The van der Waals surface area contributed by atoms with Gasteiger partial charge < -0.3 is 23.4 Å². The molecule has 5 rings (SSSR count). The first-order chi connectivity index (χ1) is 11.9. The molecule has 0 bridgehead atoms. The molecule has 0 spiro atoms. The van der Waals surface area contributed by atoms with Crippen molar-refractivity contribution in [2.45, 2.75) is 24.6 Å². The van der Waals surface area contributed by atoms with E-state index in [4.69, 9.17) is 23.4 Å². The Hall–Kier alpha value is -1.63. The van der Waals surface area contributed by atoms with Gasteiger partial charge in [0, 0.05) is 0 Å². The van der Waals surface area contributed by atoms with Crippen molar-refractivity contribution < 1.29 is 23.4 Å². The van der Waals surface area contributed by atoms with Crippen LogP contribution < -0.4 is 10.9 Å². The molecule has 120 valence electrons. The molecule has 0 aromatic heterocycles. The standard InChI is InChI=1S/C17H16B2O5/c1-3-7-12(8-4-1)18-20-11-14-15(22-18)16-17(21-14)24-19(23-16)13-9-5-2-6-10-13/h1-10,14-17H,11H2/t14-,15+,16-,17-/m1/s1. The van der Waals surface area contributed by atoms with Gasteiger partial charge in [-0.2, -0.15) is 0 Å². The third kappa shape index (κ3) is 2.49. The molecular weight excluding hydrogens is 306 g/mol. The SMILES string of the molecule is c1ccc(B2OC[C@H]3O[C@@H]4OB(c5ccccc5)O[C@@H]4[C@H]3O2)cc1. The molecule has 3 heterocycles. The van der Waals surface area contributed by atoms with Crippen LogP contribution in [0.5, 0.6) is 0 Å². The normalized spacial score (nSPS) is 31.8. The molecule has 3 aliphatic rings. The molecule has 3 saturated heterocycles. The molecule has 3 aliphatic heterocycles. The molecule has 0 N–H and O–H groups in total. The lowest BCUT2D eigenvalue weighted by molar-refractivity contribution is -0.0989. The lowest BCUT2D eigenvalue weighted by Crippen LogP contribution is -2.53. The van der Waals surface area contributed by atoms with Gasteiger partial charge in [-0.3, -0.25) is 0 Å². The van der Waals surface area contributed by atoms with E-state index in [1.807, 2.05) is 60.7 Å². The van der Waals surface area contributed by atoms with Crippen molar-refractivity contribution in [3.63, 3.8) is 0 Å². The molecule has 0 saturated carbocycles. The lowest BCUT2D eigenvalue weighted by Gasteiger charge is -2.31. The number of hydrogen-bond donors (Lipinski definition) is 0. The maximum absolute atomic E-state index is 6.14. The highest BCUT2D eigenvalue weighted by atomic mass is 16.8. The fraction of sp³-hybridized carbons (Fsp3) is 0.294. The molecular formula is C17H16B2O5. The van der Waals surface area contributed by atoms with Gasteiger partial charge >= 0.3 is 14.2 Å². The zero-order chi connectivity index (χ0) is 15.9. The van der Waals surface area contributed by atoms with Crippen LogP contribution in [-0.4, -0.2) is 45.4 Å². The fourth-order valence-electron chi connectivity index (χ4n) is 3.46. The predicted molar refractivity (Wildman–Crippen MR) is 89.1 cm³/mol. The summed E-state index contributed by atoms with van der Waals surface area (Å²) in [5.74, 6) is 0. The van der Waals surface area contributed by atoms with Gasteiger partial charge in [-0.1, -0.05) is 60.7 Å². The van der Waals surface area contributed by atoms with Crippen LogP contribution in [0.25, 0.3) is 0 Å². The van der Waals surface area contributed by atoms with Gasteiger partial charge in [0.1, 0.15) is 18.3 Å². The number of rotatable bonds is 2. The number of fused-ring (bicyclic) bond motifs is 3.